The molecule has 1 aliphatic rings. The van der Waals surface area contributed by atoms with Crippen LogP contribution in [-0.4, -0.2) is 11.0 Å². The van der Waals surface area contributed by atoms with Crippen LogP contribution in [0, 0.1) is 0 Å². The molecular weight excluding hydrogens is 152 g/mol. The van der Waals surface area contributed by atoms with E-state index in [1.54, 1.807) is 0 Å². The van der Waals surface area contributed by atoms with Crippen LogP contribution in [0.2, 0.25) is 5.22 Å². The number of hydrogen-bond acceptors (Lipinski definition) is 3. The van der Waals surface area contributed by atoms with Crippen molar-refractivity contribution in [2.24, 2.45) is 0 Å². The fourth-order valence-corrected chi connectivity index (χ4v) is 0.845. The Hall–Kier alpha value is -0.700. The predicted molar refractivity (Wildman–Crippen MR) is 38.2 cm³/mol. The average Bonchev–Trinajstić information content (AvgIpc) is 2.59. The van der Waals surface area contributed by atoms with E-state index in [0.717, 1.165) is 0 Å². The molecule has 1 aliphatic carbocycles. The van der Waals surface area contributed by atoms with Crippen LogP contribution in [0.4, 0.5) is 6.01 Å². The third-order valence-corrected chi connectivity index (χ3v) is 1.56. The normalized spacial score (nSPS) is 17.3. The Balaban J connectivity index is 2.03. The van der Waals surface area contributed by atoms with Crippen molar-refractivity contribution in [2.75, 3.05) is 5.32 Å². The zero-order valence-corrected chi connectivity index (χ0v) is 6.06. The van der Waals surface area contributed by atoms with Crippen molar-refractivity contribution in [3.05, 3.63) is 11.4 Å². The van der Waals surface area contributed by atoms with Gasteiger partial charge in [0.25, 0.3) is 6.01 Å². The van der Waals surface area contributed by atoms with E-state index in [2.05, 4.69) is 10.3 Å². The quantitative estimate of drug-likeness (QED) is 0.715. The van der Waals surface area contributed by atoms with Crippen LogP contribution in [-0.2, 0) is 0 Å². The molecule has 0 aliphatic heterocycles. The number of hydrogen-bond donors (Lipinski definition) is 1. The largest absolute Gasteiger partial charge is 0.412 e. The Labute approximate surface area is 63.4 Å². The van der Waals surface area contributed by atoms with Crippen LogP contribution in [0.15, 0.2) is 10.6 Å². The molecule has 0 aromatic carbocycles. The number of aromatic nitrogens is 1. The second kappa shape index (κ2) is 2.16. The van der Waals surface area contributed by atoms with Gasteiger partial charge in [-0.25, -0.2) is 4.98 Å². The van der Waals surface area contributed by atoms with Gasteiger partial charge in [0, 0.05) is 6.04 Å². The van der Waals surface area contributed by atoms with Crippen molar-refractivity contribution in [3.63, 3.8) is 0 Å². The molecule has 10 heavy (non-hydrogen) atoms. The van der Waals surface area contributed by atoms with Crippen LogP contribution in [0.5, 0.6) is 0 Å². The van der Waals surface area contributed by atoms with E-state index < -0.39 is 0 Å². The topological polar surface area (TPSA) is 38.1 Å². The van der Waals surface area contributed by atoms with Crippen molar-refractivity contribution in [2.45, 2.75) is 18.9 Å². The number of halogens is 1. The number of anilines is 1. The molecule has 0 bridgehead atoms. The molecule has 0 spiro atoms. The summed E-state index contributed by atoms with van der Waals surface area (Å²) >= 11 is 5.50. The number of rotatable bonds is 2. The Morgan fingerprint density at radius 1 is 1.70 bits per heavy atom. The molecule has 1 N–H and O–H groups in total. The maximum atomic E-state index is 5.50. The molecule has 0 radical (unpaired) electrons. The van der Waals surface area contributed by atoms with Crippen LogP contribution in [0.1, 0.15) is 12.8 Å². The van der Waals surface area contributed by atoms with E-state index in [0.29, 0.717) is 17.3 Å². The average molecular weight is 159 g/mol. The first-order chi connectivity index (χ1) is 4.84. The second-order valence-electron chi connectivity index (χ2n) is 2.39. The Morgan fingerprint density at radius 2 is 2.50 bits per heavy atom. The first-order valence-corrected chi connectivity index (χ1v) is 3.60. The molecule has 3 nitrogen and oxygen atoms in total. The summed E-state index contributed by atoms with van der Waals surface area (Å²) in [6, 6.07) is 1.10. The van der Waals surface area contributed by atoms with E-state index in [4.69, 9.17) is 16.0 Å². The minimum atomic E-state index is 0.336. The molecule has 1 aromatic heterocycles. The minimum Gasteiger partial charge on any atom is -0.412 e. The lowest BCUT2D eigenvalue weighted by atomic mass is 10.7. The van der Waals surface area contributed by atoms with Crippen molar-refractivity contribution < 1.29 is 4.42 Å². The van der Waals surface area contributed by atoms with Gasteiger partial charge in [-0.15, -0.1) is 0 Å². The number of oxazole rings is 1. The summed E-state index contributed by atoms with van der Waals surface area (Å²) in [6.07, 6.45) is 3.91. The van der Waals surface area contributed by atoms with Gasteiger partial charge in [0.15, 0.2) is 0 Å². The smallest absolute Gasteiger partial charge is 0.296 e. The highest BCUT2D eigenvalue weighted by Gasteiger charge is 2.22. The van der Waals surface area contributed by atoms with Gasteiger partial charge in [-0.05, 0) is 24.4 Å². The highest BCUT2D eigenvalue weighted by molar-refractivity contribution is 6.28. The summed E-state index contributed by atoms with van der Waals surface area (Å²) in [5.41, 5.74) is 0. The van der Waals surface area contributed by atoms with Gasteiger partial charge in [0.05, 0.1) is 6.20 Å². The molecule has 1 heterocycles. The summed E-state index contributed by atoms with van der Waals surface area (Å²) in [4.78, 5) is 3.89. The Morgan fingerprint density at radius 3 is 3.00 bits per heavy atom. The number of nitrogens with one attached hydrogen (secondary N) is 1. The molecule has 1 fully saturated rings. The Bertz CT molecular complexity index is 231. The second-order valence-corrected chi connectivity index (χ2v) is 2.76. The van der Waals surface area contributed by atoms with Gasteiger partial charge >= 0.3 is 0 Å². The third-order valence-electron chi connectivity index (χ3n) is 1.38. The van der Waals surface area contributed by atoms with Crippen LogP contribution < -0.4 is 5.32 Å². The lowest BCUT2D eigenvalue weighted by molar-refractivity contribution is 0.572. The fourth-order valence-electron chi connectivity index (χ4n) is 0.723. The van der Waals surface area contributed by atoms with Crippen LogP contribution in [0.3, 0.4) is 0 Å². The molecule has 54 valence electrons. The third kappa shape index (κ3) is 1.24. The molecule has 0 atom stereocenters. The van der Waals surface area contributed by atoms with Gasteiger partial charge in [0.2, 0.25) is 5.22 Å². The van der Waals surface area contributed by atoms with E-state index in [9.17, 15) is 0 Å². The molecule has 0 unspecified atom stereocenters. The zero-order chi connectivity index (χ0) is 6.97. The lowest BCUT2D eigenvalue weighted by Gasteiger charge is -1.93. The molecule has 2 rings (SSSR count). The summed E-state index contributed by atoms with van der Waals surface area (Å²) in [5.74, 6) is 0. The van der Waals surface area contributed by atoms with Gasteiger partial charge in [-0.1, -0.05) is 0 Å². The maximum absolute atomic E-state index is 5.50. The maximum Gasteiger partial charge on any atom is 0.296 e. The van der Waals surface area contributed by atoms with Gasteiger partial charge in [-0.3, -0.25) is 0 Å². The van der Waals surface area contributed by atoms with E-state index >= 15 is 0 Å². The summed E-state index contributed by atoms with van der Waals surface area (Å²) < 4.78 is 4.98. The van der Waals surface area contributed by atoms with Crippen molar-refractivity contribution in [1.82, 2.24) is 4.98 Å². The van der Waals surface area contributed by atoms with Crippen molar-refractivity contribution >= 4 is 17.6 Å². The molecule has 4 heteroatoms. The molecule has 1 aromatic rings. The minimum absolute atomic E-state index is 0.336. The monoisotopic (exact) mass is 158 g/mol. The zero-order valence-electron chi connectivity index (χ0n) is 5.30. The van der Waals surface area contributed by atoms with Crippen molar-refractivity contribution in [1.29, 1.82) is 0 Å². The molecular formula is C6H7ClN2O. The molecule has 0 saturated heterocycles. The summed E-state index contributed by atoms with van der Waals surface area (Å²) in [7, 11) is 0. The first-order valence-electron chi connectivity index (χ1n) is 3.22. The highest BCUT2D eigenvalue weighted by atomic mass is 35.5. The predicted octanol–water partition coefficient (Wildman–Crippen LogP) is 1.90. The summed E-state index contributed by atoms with van der Waals surface area (Å²) in [5, 5.41) is 3.41. The van der Waals surface area contributed by atoms with Crippen LogP contribution >= 0.6 is 11.6 Å². The standard InChI is InChI=1S/C6H7ClN2O/c7-5-3-8-6(10-5)9-4-1-2-4/h3-4H,1-2H2,(H,8,9). The van der Waals surface area contributed by atoms with Gasteiger partial charge in [0.1, 0.15) is 0 Å². The van der Waals surface area contributed by atoms with Gasteiger partial charge < -0.3 is 9.73 Å². The number of nitrogens with zero attached hydrogens (tertiary/aromatic N) is 1. The first kappa shape index (κ1) is 6.04. The molecule has 1 saturated carbocycles. The SMILES string of the molecule is Clc1cnc(NC2CC2)o1. The Kier molecular flexibility index (Phi) is 1.31. The van der Waals surface area contributed by atoms with Crippen molar-refractivity contribution in [3.8, 4) is 0 Å². The summed E-state index contributed by atoms with van der Waals surface area (Å²) in [6.45, 7) is 0. The lowest BCUT2D eigenvalue weighted by Crippen LogP contribution is -1.99. The van der Waals surface area contributed by atoms with Crippen LogP contribution in [0.25, 0.3) is 0 Å². The van der Waals surface area contributed by atoms with E-state index in [1.807, 2.05) is 0 Å². The molecule has 0 amide bonds. The van der Waals surface area contributed by atoms with E-state index in [-0.39, 0.29) is 0 Å². The highest BCUT2D eigenvalue weighted by Crippen LogP contribution is 2.24. The van der Waals surface area contributed by atoms with Gasteiger partial charge in [-0.2, -0.15) is 0 Å². The fraction of sp³-hybridized carbons (Fsp3) is 0.500. The van der Waals surface area contributed by atoms with E-state index in [1.165, 1.54) is 19.0 Å².